The third kappa shape index (κ3) is 2.93. The van der Waals surface area contributed by atoms with Crippen molar-refractivity contribution in [2.45, 2.75) is 37.7 Å². The molecular weight excluding hydrogens is 226 g/mol. The van der Waals surface area contributed by atoms with Crippen LogP contribution in [0.15, 0.2) is 18.2 Å². The van der Waals surface area contributed by atoms with E-state index < -0.39 is 5.60 Å². The molecule has 0 aromatic heterocycles. The quantitative estimate of drug-likeness (QED) is 0.713. The average Bonchev–Trinajstić information content (AvgIpc) is 2.38. The molecule has 0 radical (unpaired) electrons. The van der Waals surface area contributed by atoms with Gasteiger partial charge in [0.2, 0.25) is 0 Å². The molecule has 1 aliphatic rings. The van der Waals surface area contributed by atoms with Gasteiger partial charge in [0.25, 0.3) is 0 Å². The fourth-order valence-corrected chi connectivity index (χ4v) is 2.45. The third-order valence-corrected chi connectivity index (χ3v) is 3.56. The van der Waals surface area contributed by atoms with Crippen LogP contribution in [0, 0.1) is 11.3 Å². The zero-order valence-electron chi connectivity index (χ0n) is 10.4. The van der Waals surface area contributed by atoms with Crippen molar-refractivity contribution in [3.05, 3.63) is 23.8 Å². The van der Waals surface area contributed by atoms with E-state index in [0.717, 1.165) is 31.4 Å². The number of rotatable bonds is 3. The lowest BCUT2D eigenvalue weighted by Gasteiger charge is -2.32. The van der Waals surface area contributed by atoms with Crippen molar-refractivity contribution in [2.75, 3.05) is 17.6 Å². The first-order chi connectivity index (χ1) is 8.63. The van der Waals surface area contributed by atoms with Gasteiger partial charge in [0.05, 0.1) is 16.9 Å². The zero-order chi connectivity index (χ0) is 13.0. The molecule has 0 unspecified atom stereocenters. The van der Waals surface area contributed by atoms with Crippen LogP contribution in [0.1, 0.15) is 37.7 Å². The predicted molar refractivity (Wildman–Crippen MR) is 72.1 cm³/mol. The van der Waals surface area contributed by atoms with Gasteiger partial charge in [0.1, 0.15) is 6.07 Å². The van der Waals surface area contributed by atoms with Crippen LogP contribution < -0.4 is 11.1 Å². The summed E-state index contributed by atoms with van der Waals surface area (Å²) in [4.78, 5) is 0. The first-order valence-corrected chi connectivity index (χ1v) is 6.39. The van der Waals surface area contributed by atoms with E-state index in [0.29, 0.717) is 17.8 Å². The minimum absolute atomic E-state index is 0.492. The summed E-state index contributed by atoms with van der Waals surface area (Å²) in [6, 6.07) is 7.31. The van der Waals surface area contributed by atoms with Gasteiger partial charge in [-0.15, -0.1) is 0 Å². The summed E-state index contributed by atoms with van der Waals surface area (Å²) in [6.45, 7) is 0.492. The molecule has 1 aromatic rings. The molecule has 96 valence electrons. The van der Waals surface area contributed by atoms with Crippen LogP contribution >= 0.6 is 0 Å². The van der Waals surface area contributed by atoms with Crippen molar-refractivity contribution >= 4 is 11.4 Å². The van der Waals surface area contributed by atoms with Crippen molar-refractivity contribution in [1.82, 2.24) is 0 Å². The highest BCUT2D eigenvalue weighted by Crippen LogP contribution is 2.29. The molecule has 4 heteroatoms. The topological polar surface area (TPSA) is 82.1 Å². The van der Waals surface area contributed by atoms with Crippen LogP contribution in [0.2, 0.25) is 0 Å². The molecule has 0 spiro atoms. The summed E-state index contributed by atoms with van der Waals surface area (Å²) < 4.78 is 0. The molecule has 1 fully saturated rings. The van der Waals surface area contributed by atoms with Gasteiger partial charge < -0.3 is 16.2 Å². The summed E-state index contributed by atoms with van der Waals surface area (Å²) in [5.74, 6) is 0. The molecule has 0 atom stereocenters. The molecule has 18 heavy (non-hydrogen) atoms. The Morgan fingerprint density at radius 1 is 1.33 bits per heavy atom. The molecule has 0 aliphatic heterocycles. The highest BCUT2D eigenvalue weighted by molar-refractivity contribution is 5.63. The molecule has 4 N–H and O–H groups in total. The van der Waals surface area contributed by atoms with Crippen LogP contribution in [0.25, 0.3) is 0 Å². The second-order valence-corrected chi connectivity index (χ2v) is 5.06. The maximum absolute atomic E-state index is 10.4. The van der Waals surface area contributed by atoms with Crippen molar-refractivity contribution in [1.29, 1.82) is 5.26 Å². The third-order valence-electron chi connectivity index (χ3n) is 3.56. The second-order valence-electron chi connectivity index (χ2n) is 5.06. The minimum atomic E-state index is -0.633. The number of hydrogen-bond donors (Lipinski definition) is 3. The van der Waals surface area contributed by atoms with Crippen molar-refractivity contribution in [3.8, 4) is 6.07 Å². The van der Waals surface area contributed by atoms with E-state index >= 15 is 0 Å². The lowest BCUT2D eigenvalue weighted by Crippen LogP contribution is -2.38. The largest absolute Gasteiger partial charge is 0.399 e. The van der Waals surface area contributed by atoms with Crippen LogP contribution in [0.4, 0.5) is 11.4 Å². The molecule has 0 amide bonds. The summed E-state index contributed by atoms with van der Waals surface area (Å²) in [5.41, 5.74) is 6.85. The van der Waals surface area contributed by atoms with Gasteiger partial charge in [-0.1, -0.05) is 19.3 Å². The maximum atomic E-state index is 10.4. The van der Waals surface area contributed by atoms with Crippen LogP contribution in [0.5, 0.6) is 0 Å². The second kappa shape index (κ2) is 5.28. The number of aliphatic hydroxyl groups is 1. The fraction of sp³-hybridized carbons (Fsp3) is 0.500. The standard InChI is InChI=1S/C14H19N3O/c15-9-11-8-12(16)4-5-13(11)17-10-14(18)6-2-1-3-7-14/h4-5,8,17-18H,1-3,6-7,10,16H2. The highest BCUT2D eigenvalue weighted by atomic mass is 16.3. The molecular formula is C14H19N3O. The molecule has 0 heterocycles. The Morgan fingerprint density at radius 2 is 2.06 bits per heavy atom. The molecule has 1 aromatic carbocycles. The number of nitrogens with zero attached hydrogens (tertiary/aromatic N) is 1. The number of anilines is 2. The normalized spacial score (nSPS) is 18.0. The Hall–Kier alpha value is -1.73. The smallest absolute Gasteiger partial charge is 0.101 e. The molecule has 0 saturated heterocycles. The van der Waals surface area contributed by atoms with Gasteiger partial charge in [-0.3, -0.25) is 0 Å². The highest BCUT2D eigenvalue weighted by Gasteiger charge is 2.28. The first kappa shape index (κ1) is 12.7. The SMILES string of the molecule is N#Cc1cc(N)ccc1NCC1(O)CCCCC1. The minimum Gasteiger partial charge on any atom is -0.399 e. The summed E-state index contributed by atoms with van der Waals surface area (Å²) in [5, 5.41) is 22.6. The lowest BCUT2D eigenvalue weighted by atomic mass is 9.85. The van der Waals surface area contributed by atoms with Gasteiger partial charge in [-0.25, -0.2) is 0 Å². The van der Waals surface area contributed by atoms with E-state index in [4.69, 9.17) is 11.0 Å². The van der Waals surface area contributed by atoms with E-state index in [1.165, 1.54) is 6.42 Å². The van der Waals surface area contributed by atoms with E-state index in [2.05, 4.69) is 11.4 Å². The molecule has 0 bridgehead atoms. The Labute approximate surface area is 107 Å². The number of nitrogens with one attached hydrogen (secondary N) is 1. The van der Waals surface area contributed by atoms with Crippen molar-refractivity contribution in [3.63, 3.8) is 0 Å². The Balaban J connectivity index is 2.04. The van der Waals surface area contributed by atoms with E-state index in [1.807, 2.05) is 0 Å². The van der Waals surface area contributed by atoms with E-state index in [1.54, 1.807) is 18.2 Å². The lowest BCUT2D eigenvalue weighted by molar-refractivity contribution is 0.0167. The molecule has 2 rings (SSSR count). The fourth-order valence-electron chi connectivity index (χ4n) is 2.45. The van der Waals surface area contributed by atoms with Crippen LogP contribution in [0.3, 0.4) is 0 Å². The van der Waals surface area contributed by atoms with E-state index in [-0.39, 0.29) is 0 Å². The average molecular weight is 245 g/mol. The van der Waals surface area contributed by atoms with Gasteiger partial charge in [0, 0.05) is 12.2 Å². The number of nitriles is 1. The number of nitrogen functional groups attached to an aromatic ring is 1. The number of hydrogen-bond acceptors (Lipinski definition) is 4. The number of nitrogens with two attached hydrogens (primary N) is 1. The van der Waals surface area contributed by atoms with Crippen molar-refractivity contribution in [2.24, 2.45) is 0 Å². The monoisotopic (exact) mass is 245 g/mol. The van der Waals surface area contributed by atoms with Crippen LogP contribution in [-0.4, -0.2) is 17.3 Å². The molecule has 1 aliphatic carbocycles. The maximum Gasteiger partial charge on any atom is 0.101 e. The Kier molecular flexibility index (Phi) is 3.73. The summed E-state index contributed by atoms with van der Waals surface area (Å²) in [7, 11) is 0. The molecule has 1 saturated carbocycles. The first-order valence-electron chi connectivity index (χ1n) is 6.39. The number of benzene rings is 1. The molecule has 4 nitrogen and oxygen atoms in total. The van der Waals surface area contributed by atoms with Gasteiger partial charge >= 0.3 is 0 Å². The Bertz CT molecular complexity index is 459. The summed E-state index contributed by atoms with van der Waals surface area (Å²) in [6.07, 6.45) is 5.01. The van der Waals surface area contributed by atoms with Crippen molar-refractivity contribution < 1.29 is 5.11 Å². The predicted octanol–water partition coefficient (Wildman–Crippen LogP) is 2.25. The Morgan fingerprint density at radius 3 is 2.72 bits per heavy atom. The van der Waals surface area contributed by atoms with Crippen LogP contribution in [-0.2, 0) is 0 Å². The van der Waals surface area contributed by atoms with Gasteiger partial charge in [-0.05, 0) is 31.0 Å². The summed E-state index contributed by atoms with van der Waals surface area (Å²) >= 11 is 0. The van der Waals surface area contributed by atoms with Gasteiger partial charge in [-0.2, -0.15) is 5.26 Å². The van der Waals surface area contributed by atoms with E-state index in [9.17, 15) is 5.11 Å². The zero-order valence-corrected chi connectivity index (χ0v) is 10.4. The van der Waals surface area contributed by atoms with Gasteiger partial charge in [0.15, 0.2) is 0 Å².